The van der Waals surface area contributed by atoms with Crippen molar-refractivity contribution in [3.8, 4) is 78.7 Å². The van der Waals surface area contributed by atoms with Gasteiger partial charge in [-0.05, 0) is 56.6 Å². The second kappa shape index (κ2) is 14.1. The SMILES string of the molecule is c1ccc(-c2ccc(-c3cccc(-c4cccc5c4sc4c(-c6cccc(-c7nc(-c8ccccc8)nc(-c8ccccc8)n7)c6)cccc45)c3)cc2)cc1. The molecule has 0 atom stereocenters. The Morgan fingerprint density at radius 1 is 0.255 bits per heavy atom. The second-order valence-corrected chi connectivity index (χ2v) is 14.6. The van der Waals surface area contributed by atoms with Gasteiger partial charge in [0.25, 0.3) is 0 Å². The summed E-state index contributed by atoms with van der Waals surface area (Å²) in [5.74, 6) is 1.96. The van der Waals surface area contributed by atoms with Crippen molar-refractivity contribution < 1.29 is 0 Å². The van der Waals surface area contributed by atoms with Crippen molar-refractivity contribution in [3.05, 3.63) is 200 Å². The topological polar surface area (TPSA) is 38.7 Å². The van der Waals surface area contributed by atoms with E-state index in [1.165, 1.54) is 59.1 Å². The van der Waals surface area contributed by atoms with Gasteiger partial charge in [0.05, 0.1) is 0 Å². The van der Waals surface area contributed by atoms with Crippen LogP contribution in [0.3, 0.4) is 0 Å². The number of nitrogens with zero attached hydrogens (tertiary/aromatic N) is 3. The van der Waals surface area contributed by atoms with E-state index in [0.717, 1.165) is 22.3 Å². The zero-order valence-electron chi connectivity index (χ0n) is 29.8. The molecule has 3 nitrogen and oxygen atoms in total. The number of aromatic nitrogens is 3. The van der Waals surface area contributed by atoms with Gasteiger partial charge >= 0.3 is 0 Å². The van der Waals surface area contributed by atoms with Gasteiger partial charge in [-0.1, -0.05) is 188 Å². The summed E-state index contributed by atoms with van der Waals surface area (Å²) in [6.07, 6.45) is 0. The molecular formula is C51H33N3S. The third kappa shape index (κ3) is 6.29. The minimum absolute atomic E-state index is 0.648. The fourth-order valence-corrected chi connectivity index (χ4v) is 8.76. The summed E-state index contributed by atoms with van der Waals surface area (Å²) in [4.78, 5) is 14.9. The molecule has 0 aliphatic heterocycles. The van der Waals surface area contributed by atoms with Crippen molar-refractivity contribution in [1.82, 2.24) is 15.0 Å². The smallest absolute Gasteiger partial charge is 0.164 e. The molecule has 2 aromatic heterocycles. The fourth-order valence-electron chi connectivity index (χ4n) is 7.39. The van der Waals surface area contributed by atoms with Crippen LogP contribution in [-0.4, -0.2) is 15.0 Å². The lowest BCUT2D eigenvalue weighted by Gasteiger charge is -2.10. The van der Waals surface area contributed by atoms with Gasteiger partial charge in [-0.3, -0.25) is 0 Å². The van der Waals surface area contributed by atoms with E-state index in [0.29, 0.717) is 17.5 Å². The molecule has 8 aromatic carbocycles. The maximum atomic E-state index is 5.00. The van der Waals surface area contributed by atoms with Gasteiger partial charge in [-0.25, -0.2) is 15.0 Å². The number of benzene rings is 8. The van der Waals surface area contributed by atoms with Crippen molar-refractivity contribution in [2.45, 2.75) is 0 Å². The van der Waals surface area contributed by atoms with E-state index in [9.17, 15) is 0 Å². The number of hydrogen-bond donors (Lipinski definition) is 0. The minimum atomic E-state index is 0.648. The van der Waals surface area contributed by atoms with Crippen molar-refractivity contribution in [2.75, 3.05) is 0 Å². The van der Waals surface area contributed by atoms with E-state index >= 15 is 0 Å². The van der Waals surface area contributed by atoms with Crippen LogP contribution < -0.4 is 0 Å². The zero-order chi connectivity index (χ0) is 36.6. The first-order valence-electron chi connectivity index (χ1n) is 18.4. The maximum Gasteiger partial charge on any atom is 0.164 e. The number of fused-ring (bicyclic) bond motifs is 3. The van der Waals surface area contributed by atoms with Crippen LogP contribution in [0.2, 0.25) is 0 Å². The molecule has 55 heavy (non-hydrogen) atoms. The quantitative estimate of drug-likeness (QED) is 0.165. The maximum absolute atomic E-state index is 5.00. The van der Waals surface area contributed by atoms with Gasteiger partial charge in [0.1, 0.15) is 0 Å². The summed E-state index contributed by atoms with van der Waals surface area (Å²) in [5.41, 5.74) is 12.5. The summed E-state index contributed by atoms with van der Waals surface area (Å²) < 4.78 is 2.55. The molecule has 10 rings (SSSR count). The van der Waals surface area contributed by atoms with Gasteiger partial charge in [0, 0.05) is 36.9 Å². The molecule has 0 radical (unpaired) electrons. The first kappa shape index (κ1) is 32.6. The van der Waals surface area contributed by atoms with E-state index in [4.69, 9.17) is 15.0 Å². The second-order valence-electron chi connectivity index (χ2n) is 13.6. The van der Waals surface area contributed by atoms with Gasteiger partial charge in [0.15, 0.2) is 17.5 Å². The Labute approximate surface area is 323 Å². The number of hydrogen-bond acceptors (Lipinski definition) is 4. The fraction of sp³-hybridized carbons (Fsp3) is 0. The molecule has 0 aliphatic carbocycles. The lowest BCUT2D eigenvalue weighted by Crippen LogP contribution is -2.00. The highest BCUT2D eigenvalue weighted by atomic mass is 32.1. The van der Waals surface area contributed by atoms with E-state index in [1.807, 2.05) is 72.0 Å². The van der Waals surface area contributed by atoms with Crippen LogP contribution in [0.25, 0.3) is 98.8 Å². The third-order valence-electron chi connectivity index (χ3n) is 10.2. The normalized spacial score (nSPS) is 11.3. The molecule has 10 aromatic rings. The molecule has 0 unspecified atom stereocenters. The van der Waals surface area contributed by atoms with Gasteiger partial charge in [-0.2, -0.15) is 0 Å². The molecule has 2 heterocycles. The molecule has 4 heteroatoms. The van der Waals surface area contributed by atoms with E-state index in [-0.39, 0.29) is 0 Å². The summed E-state index contributed by atoms with van der Waals surface area (Å²) in [5, 5.41) is 2.53. The van der Waals surface area contributed by atoms with Crippen LogP contribution in [0.4, 0.5) is 0 Å². The molecule has 0 bridgehead atoms. The molecular weight excluding hydrogens is 687 g/mol. The van der Waals surface area contributed by atoms with Gasteiger partial charge in [-0.15, -0.1) is 11.3 Å². The molecule has 258 valence electrons. The van der Waals surface area contributed by atoms with E-state index in [2.05, 4.69) is 140 Å². The molecule has 0 amide bonds. The van der Waals surface area contributed by atoms with Crippen LogP contribution in [-0.2, 0) is 0 Å². The lowest BCUT2D eigenvalue weighted by atomic mass is 9.96. The molecule has 0 saturated heterocycles. The lowest BCUT2D eigenvalue weighted by molar-refractivity contribution is 1.07. The highest BCUT2D eigenvalue weighted by Gasteiger charge is 2.17. The summed E-state index contributed by atoms with van der Waals surface area (Å²) in [6, 6.07) is 70.5. The Kier molecular flexibility index (Phi) is 8.36. The Balaban J connectivity index is 1.04. The molecule has 0 spiro atoms. The average molecular weight is 720 g/mol. The van der Waals surface area contributed by atoms with Crippen molar-refractivity contribution in [3.63, 3.8) is 0 Å². The monoisotopic (exact) mass is 719 g/mol. The molecule has 0 saturated carbocycles. The van der Waals surface area contributed by atoms with Crippen LogP contribution >= 0.6 is 11.3 Å². The van der Waals surface area contributed by atoms with Crippen LogP contribution in [0, 0.1) is 0 Å². The summed E-state index contributed by atoms with van der Waals surface area (Å²) in [7, 11) is 0. The Bertz CT molecular complexity index is 2900. The molecule has 0 N–H and O–H groups in total. The Hall–Kier alpha value is -7.01. The Morgan fingerprint density at radius 2 is 0.600 bits per heavy atom. The van der Waals surface area contributed by atoms with Gasteiger partial charge in [0.2, 0.25) is 0 Å². The predicted octanol–water partition coefficient (Wildman–Crippen LogP) is 13.9. The molecule has 0 aliphatic rings. The van der Waals surface area contributed by atoms with Crippen molar-refractivity contribution >= 4 is 31.5 Å². The zero-order valence-corrected chi connectivity index (χ0v) is 30.6. The first-order chi connectivity index (χ1) is 27.2. The summed E-state index contributed by atoms with van der Waals surface area (Å²) >= 11 is 1.87. The third-order valence-corrected chi connectivity index (χ3v) is 11.4. The van der Waals surface area contributed by atoms with Gasteiger partial charge < -0.3 is 0 Å². The van der Waals surface area contributed by atoms with Crippen molar-refractivity contribution in [2.24, 2.45) is 0 Å². The van der Waals surface area contributed by atoms with E-state index in [1.54, 1.807) is 0 Å². The first-order valence-corrected chi connectivity index (χ1v) is 19.3. The molecule has 0 fully saturated rings. The van der Waals surface area contributed by atoms with Crippen LogP contribution in [0.15, 0.2) is 200 Å². The number of thiophene rings is 1. The Morgan fingerprint density at radius 3 is 1.11 bits per heavy atom. The summed E-state index contributed by atoms with van der Waals surface area (Å²) in [6.45, 7) is 0. The standard InChI is InChI=1S/C51H33N3S/c1-4-14-34(15-5-1)35-28-30-36(31-29-35)39-20-10-21-40(32-39)43-24-12-26-45-46-27-13-25-44(48(46)55-47(43)45)41-22-11-23-42(33-41)51-53-49(37-16-6-2-7-17-37)52-50(54-51)38-18-8-3-9-19-38/h1-33H. The highest BCUT2D eigenvalue weighted by molar-refractivity contribution is 7.26. The van der Waals surface area contributed by atoms with Crippen LogP contribution in [0.5, 0.6) is 0 Å². The van der Waals surface area contributed by atoms with Crippen molar-refractivity contribution in [1.29, 1.82) is 0 Å². The minimum Gasteiger partial charge on any atom is -0.208 e. The van der Waals surface area contributed by atoms with Crippen LogP contribution in [0.1, 0.15) is 0 Å². The van der Waals surface area contributed by atoms with E-state index < -0.39 is 0 Å². The number of rotatable bonds is 7. The predicted molar refractivity (Wildman–Crippen MR) is 231 cm³/mol. The average Bonchev–Trinajstić information content (AvgIpc) is 3.67. The highest BCUT2D eigenvalue weighted by Crippen LogP contribution is 2.44. The largest absolute Gasteiger partial charge is 0.208 e.